The van der Waals surface area contributed by atoms with Crippen LogP contribution < -0.4 is 10.9 Å². The van der Waals surface area contributed by atoms with Crippen LogP contribution in [0.5, 0.6) is 0 Å². The van der Waals surface area contributed by atoms with Gasteiger partial charge in [0.25, 0.3) is 5.56 Å². The van der Waals surface area contributed by atoms with E-state index >= 15 is 0 Å². The fraction of sp³-hybridized carbons (Fsp3) is 0.312. The third kappa shape index (κ3) is 3.14. The number of hydrogen-bond acceptors (Lipinski definition) is 4. The van der Waals surface area contributed by atoms with Gasteiger partial charge in [-0.2, -0.15) is 0 Å². The average molecular weight is 350 g/mol. The number of amides is 1. The van der Waals surface area contributed by atoms with Crippen LogP contribution in [0.3, 0.4) is 0 Å². The highest BCUT2D eigenvalue weighted by Gasteiger charge is 2.27. The van der Waals surface area contributed by atoms with Gasteiger partial charge in [-0.1, -0.05) is 29.4 Å². The lowest BCUT2D eigenvalue weighted by Gasteiger charge is -2.24. The average Bonchev–Trinajstić information content (AvgIpc) is 2.55. The molecule has 5 nitrogen and oxygen atoms in total. The van der Waals surface area contributed by atoms with E-state index in [9.17, 15) is 9.59 Å². The first-order valence-electron chi connectivity index (χ1n) is 7.22. The molecule has 1 amide bonds. The first-order chi connectivity index (χ1) is 11.0. The maximum atomic E-state index is 12.5. The van der Waals surface area contributed by atoms with E-state index in [1.165, 1.54) is 11.8 Å². The molecular formula is C16H16ClN3O2S. The predicted molar refractivity (Wildman–Crippen MR) is 92.3 cm³/mol. The number of rotatable bonds is 2. The van der Waals surface area contributed by atoms with Crippen LogP contribution in [0.2, 0.25) is 5.02 Å². The summed E-state index contributed by atoms with van der Waals surface area (Å²) in [4.78, 5) is 29.0. The molecule has 1 aromatic carbocycles. The van der Waals surface area contributed by atoms with Crippen molar-refractivity contribution >= 4 is 35.0 Å². The molecule has 0 spiro atoms. The van der Waals surface area contributed by atoms with Crippen molar-refractivity contribution in [1.29, 1.82) is 0 Å². The summed E-state index contributed by atoms with van der Waals surface area (Å²) in [7, 11) is 0. The van der Waals surface area contributed by atoms with E-state index in [1.54, 1.807) is 29.8 Å². The van der Waals surface area contributed by atoms with Crippen LogP contribution in [0.4, 0.5) is 5.69 Å². The maximum absolute atomic E-state index is 12.5. The number of anilines is 1. The van der Waals surface area contributed by atoms with Gasteiger partial charge in [0, 0.05) is 34.8 Å². The number of nitrogens with zero attached hydrogens (tertiary/aromatic N) is 2. The molecule has 0 saturated heterocycles. The van der Waals surface area contributed by atoms with Crippen molar-refractivity contribution in [3.63, 3.8) is 0 Å². The summed E-state index contributed by atoms with van der Waals surface area (Å²) in [5.74, 6) is 0.204. The van der Waals surface area contributed by atoms with Crippen molar-refractivity contribution in [2.75, 3.05) is 11.1 Å². The molecule has 0 fully saturated rings. The number of nitrogens with one attached hydrogen (secondary N) is 1. The fourth-order valence-corrected chi connectivity index (χ4v) is 3.66. The highest BCUT2D eigenvalue weighted by Crippen LogP contribution is 2.27. The molecule has 1 unspecified atom stereocenters. The Morgan fingerprint density at radius 1 is 1.43 bits per heavy atom. The van der Waals surface area contributed by atoms with Crippen molar-refractivity contribution in [2.24, 2.45) is 5.92 Å². The molecule has 0 radical (unpaired) electrons. The quantitative estimate of drug-likeness (QED) is 0.847. The summed E-state index contributed by atoms with van der Waals surface area (Å²) in [5, 5.41) is 4.20. The normalized spacial score (nSPS) is 16.7. The monoisotopic (exact) mass is 349 g/mol. The van der Waals surface area contributed by atoms with E-state index in [0.29, 0.717) is 33.7 Å². The number of hydrogen-bond donors (Lipinski definition) is 1. The topological polar surface area (TPSA) is 64.0 Å². The lowest BCUT2D eigenvalue weighted by Crippen LogP contribution is -2.37. The molecule has 3 rings (SSSR count). The van der Waals surface area contributed by atoms with Crippen molar-refractivity contribution in [3.05, 3.63) is 50.9 Å². The lowest BCUT2D eigenvalue weighted by molar-refractivity contribution is -0.119. The van der Waals surface area contributed by atoms with E-state index in [4.69, 9.17) is 11.6 Å². The van der Waals surface area contributed by atoms with Gasteiger partial charge in [-0.05, 0) is 31.5 Å². The van der Waals surface area contributed by atoms with Crippen LogP contribution in [0.1, 0.15) is 11.1 Å². The number of aryl methyl sites for hydroxylation is 1. The number of carbonyl (C=O) groups is 1. The molecule has 2 heterocycles. The summed E-state index contributed by atoms with van der Waals surface area (Å²) in [6.45, 7) is 3.94. The van der Waals surface area contributed by atoms with Crippen LogP contribution in [0, 0.1) is 19.8 Å². The van der Waals surface area contributed by atoms with Crippen LogP contribution >= 0.6 is 23.4 Å². The Bertz CT molecular complexity index is 835. The molecule has 1 atom stereocenters. The molecule has 2 aromatic rings. The van der Waals surface area contributed by atoms with E-state index < -0.39 is 0 Å². The second-order valence-corrected chi connectivity index (χ2v) is 6.94. The molecule has 7 heteroatoms. The molecule has 1 N–H and O–H groups in total. The SMILES string of the molecule is Cc1c(Cl)cccc1NC(=O)C1CSc2ncc(C)c(=O)n2C1. The molecule has 0 saturated carbocycles. The summed E-state index contributed by atoms with van der Waals surface area (Å²) in [5.41, 5.74) is 2.04. The summed E-state index contributed by atoms with van der Waals surface area (Å²) >= 11 is 7.51. The van der Waals surface area contributed by atoms with Gasteiger partial charge in [0.05, 0.1) is 5.92 Å². The molecular weight excluding hydrogens is 334 g/mol. The molecule has 0 aliphatic carbocycles. The highest BCUT2D eigenvalue weighted by molar-refractivity contribution is 7.99. The van der Waals surface area contributed by atoms with Gasteiger partial charge in [-0.25, -0.2) is 4.98 Å². The number of carbonyl (C=O) groups excluding carboxylic acids is 1. The van der Waals surface area contributed by atoms with E-state index in [0.717, 1.165) is 5.56 Å². The minimum atomic E-state index is -0.285. The molecule has 0 bridgehead atoms. The number of benzene rings is 1. The third-order valence-electron chi connectivity index (χ3n) is 3.89. The Kier molecular flexibility index (Phi) is 4.46. The molecule has 23 heavy (non-hydrogen) atoms. The first kappa shape index (κ1) is 16.1. The first-order valence-corrected chi connectivity index (χ1v) is 8.59. The third-order valence-corrected chi connectivity index (χ3v) is 5.46. The smallest absolute Gasteiger partial charge is 0.257 e. The van der Waals surface area contributed by atoms with Crippen molar-refractivity contribution in [1.82, 2.24) is 9.55 Å². The second kappa shape index (κ2) is 6.37. The summed E-state index contributed by atoms with van der Waals surface area (Å²) in [6, 6.07) is 5.40. The minimum absolute atomic E-state index is 0.0843. The zero-order valence-corrected chi connectivity index (χ0v) is 14.4. The van der Waals surface area contributed by atoms with Crippen LogP contribution in [0.25, 0.3) is 0 Å². The van der Waals surface area contributed by atoms with E-state index in [2.05, 4.69) is 10.3 Å². The van der Waals surface area contributed by atoms with Gasteiger partial charge >= 0.3 is 0 Å². The van der Waals surface area contributed by atoms with Crippen molar-refractivity contribution in [2.45, 2.75) is 25.5 Å². The summed E-state index contributed by atoms with van der Waals surface area (Å²) < 4.78 is 1.58. The number of halogens is 1. The van der Waals surface area contributed by atoms with Gasteiger partial charge in [0.15, 0.2) is 5.16 Å². The molecule has 1 aromatic heterocycles. The Morgan fingerprint density at radius 2 is 2.22 bits per heavy atom. The Balaban J connectivity index is 1.81. The van der Waals surface area contributed by atoms with Crippen LogP contribution in [-0.4, -0.2) is 21.2 Å². The van der Waals surface area contributed by atoms with Crippen LogP contribution in [0.15, 0.2) is 34.3 Å². The summed E-state index contributed by atoms with van der Waals surface area (Å²) in [6.07, 6.45) is 1.58. The van der Waals surface area contributed by atoms with Crippen molar-refractivity contribution in [3.8, 4) is 0 Å². The largest absolute Gasteiger partial charge is 0.325 e. The van der Waals surface area contributed by atoms with Gasteiger partial charge in [-0.3, -0.25) is 14.2 Å². The lowest BCUT2D eigenvalue weighted by atomic mass is 10.1. The molecule has 1 aliphatic rings. The second-order valence-electron chi connectivity index (χ2n) is 5.55. The van der Waals surface area contributed by atoms with Crippen molar-refractivity contribution < 1.29 is 4.79 Å². The Labute approximate surface area is 143 Å². The van der Waals surface area contributed by atoms with Crippen LogP contribution in [-0.2, 0) is 11.3 Å². The van der Waals surface area contributed by atoms with Gasteiger partial charge in [0.1, 0.15) is 0 Å². The molecule has 120 valence electrons. The van der Waals surface area contributed by atoms with Gasteiger partial charge < -0.3 is 5.32 Å². The zero-order valence-electron chi connectivity index (χ0n) is 12.8. The number of aromatic nitrogens is 2. The molecule has 1 aliphatic heterocycles. The number of thioether (sulfide) groups is 1. The fourth-order valence-electron chi connectivity index (χ4n) is 2.44. The van der Waals surface area contributed by atoms with E-state index in [-0.39, 0.29) is 17.4 Å². The Morgan fingerprint density at radius 3 is 3.00 bits per heavy atom. The predicted octanol–water partition coefficient (Wildman–Crippen LogP) is 2.87. The van der Waals surface area contributed by atoms with E-state index in [1.807, 2.05) is 13.0 Å². The van der Waals surface area contributed by atoms with Gasteiger partial charge in [-0.15, -0.1) is 0 Å². The zero-order chi connectivity index (χ0) is 16.6. The highest BCUT2D eigenvalue weighted by atomic mass is 35.5. The minimum Gasteiger partial charge on any atom is -0.325 e. The van der Waals surface area contributed by atoms with Gasteiger partial charge in [0.2, 0.25) is 5.91 Å². The number of fused-ring (bicyclic) bond motifs is 1. The standard InChI is InChI=1S/C16H16ClN3O2S/c1-9-6-18-16-20(15(9)22)7-11(8-23-16)14(21)19-13-5-3-4-12(17)10(13)2/h3-6,11H,7-8H2,1-2H3,(H,19,21). The Hall–Kier alpha value is -1.79. The maximum Gasteiger partial charge on any atom is 0.257 e.